The molecule has 24 heavy (non-hydrogen) atoms. The van der Waals surface area contributed by atoms with Crippen LogP contribution in [0.1, 0.15) is 30.1 Å². The average molecular weight is 325 g/mol. The fourth-order valence-electron chi connectivity index (χ4n) is 3.40. The van der Waals surface area contributed by atoms with Crippen molar-refractivity contribution in [3.05, 3.63) is 54.6 Å². The Morgan fingerprint density at radius 2 is 2.29 bits per heavy atom. The Labute approximate surface area is 142 Å². The van der Waals surface area contributed by atoms with Crippen LogP contribution in [0.3, 0.4) is 0 Å². The molecule has 2 atom stereocenters. The summed E-state index contributed by atoms with van der Waals surface area (Å²) in [6, 6.07) is 7.39. The second-order valence-electron chi connectivity index (χ2n) is 6.23. The predicted octanol–water partition coefficient (Wildman–Crippen LogP) is 2.95. The molecule has 126 valence electrons. The highest BCUT2D eigenvalue weighted by atomic mass is 16.2. The number of carbonyl (C=O) groups excluding carboxylic acids is 2. The van der Waals surface area contributed by atoms with E-state index in [2.05, 4.69) is 24.0 Å². The number of rotatable bonds is 4. The van der Waals surface area contributed by atoms with E-state index in [1.807, 2.05) is 42.2 Å². The first-order chi connectivity index (χ1) is 11.6. The quantitative estimate of drug-likeness (QED) is 0.865. The van der Waals surface area contributed by atoms with Gasteiger partial charge >= 0.3 is 6.03 Å². The first-order valence-corrected chi connectivity index (χ1v) is 8.37. The average Bonchev–Trinajstić information content (AvgIpc) is 3.01. The van der Waals surface area contributed by atoms with Gasteiger partial charge in [-0.15, -0.1) is 6.58 Å². The standard InChI is InChI=1S/C19H23N3O2/c1-3-6-16-9-4-7-14(2)22(16)18(23)15-8-5-10-17(13-15)21-12-11-20-19(21)24/h3-5,7-8,10,13-14,16H,1,6,9,11-12H2,2H3,(H,20,24)/t14-,16-/m1/s1. The summed E-state index contributed by atoms with van der Waals surface area (Å²) in [4.78, 5) is 28.5. The Morgan fingerprint density at radius 1 is 1.46 bits per heavy atom. The zero-order valence-corrected chi connectivity index (χ0v) is 13.9. The molecule has 2 aliphatic heterocycles. The van der Waals surface area contributed by atoms with E-state index in [4.69, 9.17) is 0 Å². The summed E-state index contributed by atoms with van der Waals surface area (Å²) in [5.74, 6) is 0.000144. The summed E-state index contributed by atoms with van der Waals surface area (Å²) in [5.41, 5.74) is 1.37. The maximum atomic E-state index is 13.1. The molecule has 1 fully saturated rings. The SMILES string of the molecule is C=CC[C@@H]1CC=C[C@@H](C)N1C(=O)c1cccc(N2CCNC2=O)c1. The zero-order valence-electron chi connectivity index (χ0n) is 13.9. The van der Waals surface area contributed by atoms with Gasteiger partial charge < -0.3 is 10.2 Å². The molecule has 0 aliphatic carbocycles. The van der Waals surface area contributed by atoms with Crippen molar-refractivity contribution < 1.29 is 9.59 Å². The molecule has 0 unspecified atom stereocenters. The third kappa shape index (κ3) is 3.07. The van der Waals surface area contributed by atoms with E-state index >= 15 is 0 Å². The minimum atomic E-state index is -0.113. The predicted molar refractivity (Wildman–Crippen MR) is 95.2 cm³/mol. The molecule has 3 amide bonds. The van der Waals surface area contributed by atoms with Crippen LogP contribution in [0, 0.1) is 0 Å². The lowest BCUT2D eigenvalue weighted by molar-refractivity contribution is 0.0622. The molecule has 3 rings (SSSR count). The van der Waals surface area contributed by atoms with Gasteiger partial charge in [0.05, 0.1) is 0 Å². The van der Waals surface area contributed by atoms with E-state index in [0.717, 1.165) is 18.5 Å². The van der Waals surface area contributed by atoms with Crippen LogP contribution in [-0.4, -0.2) is 42.0 Å². The Bertz CT molecular complexity index is 683. The summed E-state index contributed by atoms with van der Waals surface area (Å²) >= 11 is 0. The molecule has 0 aromatic heterocycles. The molecule has 5 nitrogen and oxygen atoms in total. The fraction of sp³-hybridized carbons (Fsp3) is 0.368. The van der Waals surface area contributed by atoms with Crippen molar-refractivity contribution in [2.45, 2.75) is 31.8 Å². The second-order valence-corrected chi connectivity index (χ2v) is 6.23. The van der Waals surface area contributed by atoms with E-state index in [9.17, 15) is 9.59 Å². The molecule has 0 spiro atoms. The number of amides is 3. The van der Waals surface area contributed by atoms with Gasteiger partial charge in [0, 0.05) is 36.4 Å². The molecule has 5 heteroatoms. The van der Waals surface area contributed by atoms with E-state index in [1.165, 1.54) is 0 Å². The fourth-order valence-corrected chi connectivity index (χ4v) is 3.40. The molecule has 0 bridgehead atoms. The van der Waals surface area contributed by atoms with Crippen LogP contribution >= 0.6 is 0 Å². The monoisotopic (exact) mass is 325 g/mol. The van der Waals surface area contributed by atoms with Gasteiger partial charge in [0.2, 0.25) is 0 Å². The molecule has 1 N–H and O–H groups in total. The van der Waals surface area contributed by atoms with E-state index < -0.39 is 0 Å². The molecular formula is C19H23N3O2. The van der Waals surface area contributed by atoms with Crippen molar-refractivity contribution in [3.63, 3.8) is 0 Å². The summed E-state index contributed by atoms with van der Waals surface area (Å²) < 4.78 is 0. The van der Waals surface area contributed by atoms with Crippen LogP contribution in [-0.2, 0) is 0 Å². The number of urea groups is 1. The number of hydrogen-bond acceptors (Lipinski definition) is 2. The maximum absolute atomic E-state index is 13.1. The highest BCUT2D eigenvalue weighted by Gasteiger charge is 2.30. The first-order valence-electron chi connectivity index (χ1n) is 8.37. The van der Waals surface area contributed by atoms with E-state index in [1.54, 1.807) is 4.90 Å². The third-order valence-electron chi connectivity index (χ3n) is 4.59. The van der Waals surface area contributed by atoms with Gasteiger partial charge in [-0.2, -0.15) is 0 Å². The Kier molecular flexibility index (Phi) is 4.69. The number of hydrogen-bond donors (Lipinski definition) is 1. The van der Waals surface area contributed by atoms with Crippen LogP contribution in [0.5, 0.6) is 0 Å². The molecule has 0 radical (unpaired) electrons. The molecule has 0 saturated carbocycles. The normalized spacial score (nSPS) is 23.3. The lowest BCUT2D eigenvalue weighted by Gasteiger charge is -2.37. The van der Waals surface area contributed by atoms with Gasteiger partial charge in [0.1, 0.15) is 0 Å². The number of benzene rings is 1. The topological polar surface area (TPSA) is 52.7 Å². The van der Waals surface area contributed by atoms with Crippen LogP contribution in [0.25, 0.3) is 0 Å². The highest BCUT2D eigenvalue weighted by molar-refractivity contribution is 5.98. The van der Waals surface area contributed by atoms with Crippen molar-refractivity contribution in [1.29, 1.82) is 0 Å². The van der Waals surface area contributed by atoms with Gasteiger partial charge in [-0.1, -0.05) is 24.3 Å². The summed E-state index contributed by atoms with van der Waals surface area (Å²) in [7, 11) is 0. The smallest absolute Gasteiger partial charge is 0.321 e. The van der Waals surface area contributed by atoms with Gasteiger partial charge in [0.15, 0.2) is 0 Å². The number of nitrogens with one attached hydrogen (secondary N) is 1. The minimum absolute atomic E-state index is 0.000144. The first kappa shape index (κ1) is 16.3. The Balaban J connectivity index is 1.87. The van der Waals surface area contributed by atoms with Gasteiger partial charge in [-0.3, -0.25) is 9.69 Å². The number of anilines is 1. The number of carbonyl (C=O) groups is 2. The molecule has 1 aromatic carbocycles. The largest absolute Gasteiger partial charge is 0.336 e. The van der Waals surface area contributed by atoms with Crippen molar-refractivity contribution >= 4 is 17.6 Å². The van der Waals surface area contributed by atoms with Gasteiger partial charge in [-0.25, -0.2) is 4.79 Å². The molecule has 2 aliphatic rings. The second kappa shape index (κ2) is 6.91. The maximum Gasteiger partial charge on any atom is 0.321 e. The van der Waals surface area contributed by atoms with E-state index in [-0.39, 0.29) is 24.0 Å². The van der Waals surface area contributed by atoms with Crippen molar-refractivity contribution in [1.82, 2.24) is 10.2 Å². The summed E-state index contributed by atoms with van der Waals surface area (Å²) in [6.07, 6.45) is 7.68. The van der Waals surface area contributed by atoms with Crippen LogP contribution in [0.4, 0.5) is 10.5 Å². The third-order valence-corrected chi connectivity index (χ3v) is 4.59. The van der Waals surface area contributed by atoms with Gasteiger partial charge in [-0.05, 0) is 38.0 Å². The summed E-state index contributed by atoms with van der Waals surface area (Å²) in [5, 5.41) is 2.78. The summed E-state index contributed by atoms with van der Waals surface area (Å²) in [6.45, 7) is 7.09. The molecule has 2 heterocycles. The number of nitrogens with zero attached hydrogens (tertiary/aromatic N) is 2. The van der Waals surface area contributed by atoms with Crippen LogP contribution in [0.15, 0.2) is 49.1 Å². The lowest BCUT2D eigenvalue weighted by Crippen LogP contribution is -2.46. The van der Waals surface area contributed by atoms with Crippen LogP contribution in [0.2, 0.25) is 0 Å². The van der Waals surface area contributed by atoms with Crippen LogP contribution < -0.4 is 10.2 Å². The molecule has 1 saturated heterocycles. The van der Waals surface area contributed by atoms with Crippen molar-refractivity contribution in [2.24, 2.45) is 0 Å². The molecular weight excluding hydrogens is 302 g/mol. The minimum Gasteiger partial charge on any atom is -0.336 e. The molecule has 1 aromatic rings. The Hall–Kier alpha value is -2.56. The van der Waals surface area contributed by atoms with Crippen molar-refractivity contribution in [3.8, 4) is 0 Å². The zero-order chi connectivity index (χ0) is 17.1. The van der Waals surface area contributed by atoms with Gasteiger partial charge in [0.25, 0.3) is 5.91 Å². The lowest BCUT2D eigenvalue weighted by atomic mass is 9.98. The Morgan fingerprint density at radius 3 is 3.00 bits per heavy atom. The van der Waals surface area contributed by atoms with E-state index in [0.29, 0.717) is 18.7 Å². The highest BCUT2D eigenvalue weighted by Crippen LogP contribution is 2.25. The van der Waals surface area contributed by atoms with Crippen molar-refractivity contribution in [2.75, 3.05) is 18.0 Å².